The highest BCUT2D eigenvalue weighted by atomic mass is 35.5. The molecule has 0 aliphatic rings. The maximum Gasteiger partial charge on any atom is 0.244 e. The number of thiazole rings is 1. The Morgan fingerprint density at radius 3 is 2.79 bits per heavy atom. The fourth-order valence-electron chi connectivity index (χ4n) is 1.47. The number of carbonyl (C=O) groups excluding carboxylic acids is 1. The molecule has 19 heavy (non-hydrogen) atoms. The molecule has 3 nitrogen and oxygen atoms in total. The van der Waals surface area contributed by atoms with E-state index in [9.17, 15) is 4.79 Å². The lowest BCUT2D eigenvalue weighted by atomic mass is 10.2. The quantitative estimate of drug-likeness (QED) is 0.877. The number of benzene rings is 1. The largest absolute Gasteiger partial charge is 0.348 e. The van der Waals surface area contributed by atoms with Crippen LogP contribution in [0.4, 0.5) is 0 Å². The number of aromatic nitrogens is 1. The summed E-state index contributed by atoms with van der Waals surface area (Å²) in [6, 6.07) is 7.30. The summed E-state index contributed by atoms with van der Waals surface area (Å²) in [4.78, 5) is 16.8. The summed E-state index contributed by atoms with van der Waals surface area (Å²) in [5, 5.41) is 4.50. The van der Waals surface area contributed by atoms with Crippen molar-refractivity contribution in [3.63, 3.8) is 0 Å². The molecule has 0 unspecified atom stereocenters. The lowest BCUT2D eigenvalue weighted by Gasteiger charge is -1.98. The van der Waals surface area contributed by atoms with Gasteiger partial charge in [-0.05, 0) is 30.7 Å². The molecular weight excluding hydrogens is 280 g/mol. The van der Waals surface area contributed by atoms with Crippen molar-refractivity contribution < 1.29 is 4.79 Å². The maximum absolute atomic E-state index is 11.6. The van der Waals surface area contributed by atoms with Gasteiger partial charge in [0.25, 0.3) is 0 Å². The Balaban J connectivity index is 1.85. The highest BCUT2D eigenvalue weighted by Crippen LogP contribution is 2.11. The van der Waals surface area contributed by atoms with Crippen LogP contribution in [-0.2, 0) is 11.3 Å². The zero-order valence-electron chi connectivity index (χ0n) is 10.4. The van der Waals surface area contributed by atoms with Crippen LogP contribution in [0, 0.1) is 6.92 Å². The molecule has 1 aromatic carbocycles. The molecule has 0 fully saturated rings. The zero-order chi connectivity index (χ0) is 13.7. The van der Waals surface area contributed by atoms with Gasteiger partial charge in [0, 0.05) is 22.2 Å². The van der Waals surface area contributed by atoms with Crippen molar-refractivity contribution in [3.8, 4) is 0 Å². The third-order valence-electron chi connectivity index (χ3n) is 2.40. The number of hydrogen-bond acceptors (Lipinski definition) is 3. The van der Waals surface area contributed by atoms with Gasteiger partial charge >= 0.3 is 0 Å². The lowest BCUT2D eigenvalue weighted by molar-refractivity contribution is -0.116. The second kappa shape index (κ2) is 6.50. The number of hydrogen-bond donors (Lipinski definition) is 1. The Bertz CT molecular complexity index is 590. The van der Waals surface area contributed by atoms with Crippen molar-refractivity contribution in [1.82, 2.24) is 10.3 Å². The first kappa shape index (κ1) is 13.8. The van der Waals surface area contributed by atoms with Gasteiger partial charge in [0.15, 0.2) is 0 Å². The molecule has 0 aliphatic heterocycles. The average Bonchev–Trinajstić information content (AvgIpc) is 2.81. The Kier molecular flexibility index (Phi) is 4.71. The van der Waals surface area contributed by atoms with Crippen LogP contribution in [0.1, 0.15) is 15.4 Å². The fourth-order valence-corrected chi connectivity index (χ4v) is 2.33. The highest BCUT2D eigenvalue weighted by molar-refractivity contribution is 7.11. The first-order valence-corrected chi connectivity index (χ1v) is 6.96. The first-order chi connectivity index (χ1) is 9.13. The number of amides is 1. The van der Waals surface area contributed by atoms with Crippen LogP contribution in [0.25, 0.3) is 6.08 Å². The van der Waals surface area contributed by atoms with Gasteiger partial charge in [0.1, 0.15) is 0 Å². The number of aryl methyl sites for hydroxylation is 1. The number of carbonyl (C=O) groups is 1. The summed E-state index contributed by atoms with van der Waals surface area (Å²) >= 11 is 7.37. The van der Waals surface area contributed by atoms with Gasteiger partial charge in [0.2, 0.25) is 5.91 Å². The van der Waals surface area contributed by atoms with E-state index in [1.807, 2.05) is 19.1 Å². The molecule has 0 atom stereocenters. The Morgan fingerprint density at radius 2 is 2.16 bits per heavy atom. The molecule has 2 rings (SSSR count). The SMILES string of the molecule is Cc1ncc(CNC(=O)C=Cc2ccc(Cl)cc2)s1. The fraction of sp³-hybridized carbons (Fsp3) is 0.143. The maximum atomic E-state index is 11.6. The van der Waals surface area contributed by atoms with Crippen LogP contribution in [0.15, 0.2) is 36.5 Å². The van der Waals surface area contributed by atoms with Crippen molar-refractivity contribution in [3.05, 3.63) is 57.0 Å². The summed E-state index contributed by atoms with van der Waals surface area (Å²) in [5.74, 6) is -0.124. The minimum atomic E-state index is -0.124. The van der Waals surface area contributed by atoms with Crippen LogP contribution in [-0.4, -0.2) is 10.9 Å². The molecule has 0 saturated carbocycles. The second-order valence-corrected chi connectivity index (χ2v) is 5.70. The monoisotopic (exact) mass is 292 g/mol. The Morgan fingerprint density at radius 1 is 1.42 bits per heavy atom. The number of rotatable bonds is 4. The van der Waals surface area contributed by atoms with Crippen LogP contribution in [0.5, 0.6) is 0 Å². The lowest BCUT2D eigenvalue weighted by Crippen LogP contribution is -2.19. The van der Waals surface area contributed by atoms with E-state index in [1.165, 1.54) is 6.08 Å². The van der Waals surface area contributed by atoms with Crippen LogP contribution in [0.3, 0.4) is 0 Å². The van der Waals surface area contributed by atoms with E-state index in [0.29, 0.717) is 11.6 Å². The smallest absolute Gasteiger partial charge is 0.244 e. The second-order valence-electron chi connectivity index (χ2n) is 3.95. The topological polar surface area (TPSA) is 42.0 Å². The van der Waals surface area contributed by atoms with Crippen molar-refractivity contribution in [2.45, 2.75) is 13.5 Å². The van der Waals surface area contributed by atoms with Gasteiger partial charge in [-0.3, -0.25) is 4.79 Å². The molecule has 1 heterocycles. The average molecular weight is 293 g/mol. The van der Waals surface area contributed by atoms with Crippen molar-refractivity contribution in [1.29, 1.82) is 0 Å². The van der Waals surface area contributed by atoms with E-state index in [0.717, 1.165) is 15.4 Å². The molecule has 0 spiro atoms. The Hall–Kier alpha value is -1.65. The van der Waals surface area contributed by atoms with E-state index < -0.39 is 0 Å². The first-order valence-electron chi connectivity index (χ1n) is 5.76. The van der Waals surface area contributed by atoms with E-state index in [4.69, 9.17) is 11.6 Å². The predicted octanol–water partition coefficient (Wildman–Crippen LogP) is 3.43. The molecule has 2 aromatic rings. The third kappa shape index (κ3) is 4.50. The minimum absolute atomic E-state index is 0.124. The van der Waals surface area contributed by atoms with E-state index in [-0.39, 0.29) is 5.91 Å². The molecule has 0 bridgehead atoms. The summed E-state index contributed by atoms with van der Waals surface area (Å²) in [5.41, 5.74) is 0.938. The summed E-state index contributed by atoms with van der Waals surface area (Å²) in [6.07, 6.45) is 5.05. The van der Waals surface area contributed by atoms with Gasteiger partial charge in [-0.1, -0.05) is 23.7 Å². The highest BCUT2D eigenvalue weighted by Gasteiger charge is 2.00. The number of nitrogens with one attached hydrogen (secondary N) is 1. The van der Waals surface area contributed by atoms with Gasteiger partial charge < -0.3 is 5.32 Å². The molecule has 5 heteroatoms. The molecule has 1 amide bonds. The summed E-state index contributed by atoms with van der Waals surface area (Å²) in [7, 11) is 0. The third-order valence-corrected chi connectivity index (χ3v) is 3.57. The van der Waals surface area contributed by atoms with E-state index in [1.54, 1.807) is 35.7 Å². The molecule has 1 aromatic heterocycles. The number of nitrogens with zero attached hydrogens (tertiary/aromatic N) is 1. The van der Waals surface area contributed by atoms with Crippen LogP contribution < -0.4 is 5.32 Å². The summed E-state index contributed by atoms with van der Waals surface area (Å²) < 4.78 is 0. The molecule has 0 radical (unpaired) electrons. The normalized spacial score (nSPS) is 10.8. The van der Waals surface area contributed by atoms with Crippen LogP contribution >= 0.6 is 22.9 Å². The molecule has 0 aliphatic carbocycles. The van der Waals surface area contributed by atoms with Gasteiger partial charge in [0.05, 0.1) is 11.6 Å². The molecule has 98 valence electrons. The molecule has 1 N–H and O–H groups in total. The van der Waals surface area contributed by atoms with Crippen LogP contribution in [0.2, 0.25) is 5.02 Å². The van der Waals surface area contributed by atoms with Crippen molar-refractivity contribution in [2.24, 2.45) is 0 Å². The minimum Gasteiger partial charge on any atom is -0.348 e. The predicted molar refractivity (Wildman–Crippen MR) is 79.2 cm³/mol. The van der Waals surface area contributed by atoms with Crippen molar-refractivity contribution in [2.75, 3.05) is 0 Å². The Labute approximate surface area is 120 Å². The van der Waals surface area contributed by atoms with Gasteiger partial charge in [-0.25, -0.2) is 4.98 Å². The standard InChI is InChI=1S/C14H13ClN2OS/c1-10-16-8-13(19-10)9-17-14(18)7-4-11-2-5-12(15)6-3-11/h2-8H,9H2,1H3,(H,17,18). The summed E-state index contributed by atoms with van der Waals surface area (Å²) in [6.45, 7) is 2.45. The molecular formula is C14H13ClN2OS. The molecule has 0 saturated heterocycles. The van der Waals surface area contributed by atoms with Crippen molar-refractivity contribution >= 4 is 34.9 Å². The van der Waals surface area contributed by atoms with E-state index in [2.05, 4.69) is 10.3 Å². The van der Waals surface area contributed by atoms with Gasteiger partial charge in [-0.2, -0.15) is 0 Å². The van der Waals surface area contributed by atoms with Gasteiger partial charge in [-0.15, -0.1) is 11.3 Å². The van der Waals surface area contributed by atoms with E-state index >= 15 is 0 Å². The number of halogens is 1. The zero-order valence-corrected chi connectivity index (χ0v) is 12.0.